The molecular weight excluding hydrogens is 674 g/mol. The molecule has 4 aromatic carbocycles. The number of phenolic OH excluding ortho intramolecular Hbond substituents is 1. The molecule has 2 heterocycles. The second-order valence-corrected chi connectivity index (χ2v) is 13.2. The number of nitrogens with zero attached hydrogens (tertiary/aromatic N) is 2. The van der Waals surface area contributed by atoms with E-state index in [1.807, 2.05) is 66.7 Å². The number of aromatic nitrogens is 1. The first-order valence-electron chi connectivity index (χ1n) is 17.8. The van der Waals surface area contributed by atoms with Crippen LogP contribution in [0.15, 0.2) is 108 Å². The third-order valence-electron chi connectivity index (χ3n) is 9.45. The molecule has 0 unspecified atom stereocenters. The number of likely N-dealkylation sites (tertiary alicyclic amines) is 1. The highest BCUT2D eigenvalue weighted by molar-refractivity contribution is 5.91. The summed E-state index contributed by atoms with van der Waals surface area (Å²) in [4.78, 5) is 43.8. The molecule has 12 nitrogen and oxygen atoms in total. The van der Waals surface area contributed by atoms with Gasteiger partial charge in [-0.3, -0.25) is 14.9 Å². The molecule has 12 heteroatoms. The predicted molar refractivity (Wildman–Crippen MR) is 204 cm³/mol. The maximum atomic E-state index is 12.8. The van der Waals surface area contributed by atoms with Gasteiger partial charge in [0.2, 0.25) is 5.56 Å². The van der Waals surface area contributed by atoms with E-state index >= 15 is 0 Å². The maximum absolute atomic E-state index is 12.8. The summed E-state index contributed by atoms with van der Waals surface area (Å²) in [5.74, 6) is 0.401. The molecule has 5 N–H and O–H groups in total. The standard InChI is InChI=1S/C41H45N5O7/c1-45(23-24-46-21-19-31(20-22-46)53-41(51)43-35-10-6-5-9-32(35)29-7-3-2-4-8-29)39(50)27-52-30-13-11-28(12-14-30)25-42-26-37(48)33-15-17-36(47)40-34(33)16-18-38(49)44-40/h2-18,31,37,42,47-48H,19-27H2,1H3,(H,43,51)(H,44,49)/t37-/m0/s1. The molecule has 1 saturated heterocycles. The second kappa shape index (κ2) is 17.7. The lowest BCUT2D eigenvalue weighted by Crippen LogP contribution is -2.43. The van der Waals surface area contributed by atoms with Gasteiger partial charge in [-0.25, -0.2) is 4.79 Å². The molecule has 0 aliphatic carbocycles. The van der Waals surface area contributed by atoms with Crippen LogP contribution in [0.3, 0.4) is 0 Å². The molecule has 1 aliphatic heterocycles. The van der Waals surface area contributed by atoms with E-state index in [2.05, 4.69) is 20.5 Å². The molecule has 0 radical (unpaired) electrons. The highest BCUT2D eigenvalue weighted by Gasteiger charge is 2.23. The summed E-state index contributed by atoms with van der Waals surface area (Å²) in [6.45, 7) is 3.48. The van der Waals surface area contributed by atoms with Crippen molar-refractivity contribution < 1.29 is 29.3 Å². The van der Waals surface area contributed by atoms with Crippen molar-refractivity contribution in [2.45, 2.75) is 31.6 Å². The fraction of sp³-hybridized carbons (Fsp3) is 0.293. The lowest BCUT2D eigenvalue weighted by Gasteiger charge is -2.32. The topological polar surface area (TPSA) is 156 Å². The fourth-order valence-electron chi connectivity index (χ4n) is 6.39. The second-order valence-electron chi connectivity index (χ2n) is 13.2. The molecule has 6 rings (SSSR count). The Hall–Kier alpha value is -5.69. The van der Waals surface area contributed by atoms with Gasteiger partial charge in [0.15, 0.2) is 6.61 Å². The number of aromatic hydroxyl groups is 1. The molecule has 2 amide bonds. The normalized spacial score (nSPS) is 14.1. The number of piperidine rings is 1. The number of ether oxygens (including phenoxy) is 2. The molecule has 53 heavy (non-hydrogen) atoms. The number of carbonyl (C=O) groups is 2. The van der Waals surface area contributed by atoms with Gasteiger partial charge in [0, 0.05) is 63.3 Å². The van der Waals surface area contributed by atoms with Gasteiger partial charge in [-0.05, 0) is 59.9 Å². The van der Waals surface area contributed by atoms with E-state index < -0.39 is 12.2 Å². The van der Waals surface area contributed by atoms with Crippen LogP contribution in [0.2, 0.25) is 0 Å². The maximum Gasteiger partial charge on any atom is 0.411 e. The number of pyridine rings is 1. The number of H-pyrrole nitrogens is 1. The number of benzene rings is 4. The van der Waals surface area contributed by atoms with E-state index in [0.717, 1.165) is 42.6 Å². The summed E-state index contributed by atoms with van der Waals surface area (Å²) in [6.07, 6.45) is -0.0425. The zero-order valence-electron chi connectivity index (χ0n) is 29.7. The van der Waals surface area contributed by atoms with Crippen molar-refractivity contribution in [3.63, 3.8) is 0 Å². The van der Waals surface area contributed by atoms with E-state index in [4.69, 9.17) is 9.47 Å². The molecule has 1 aliphatic rings. The molecule has 0 saturated carbocycles. The quantitative estimate of drug-likeness (QED) is 0.103. The lowest BCUT2D eigenvalue weighted by atomic mass is 10.0. The first-order chi connectivity index (χ1) is 25.7. The molecule has 1 atom stereocenters. The number of aromatic amines is 1. The van der Waals surface area contributed by atoms with Crippen LogP contribution in [0.4, 0.5) is 10.5 Å². The number of hydrogen-bond donors (Lipinski definition) is 5. The minimum Gasteiger partial charge on any atom is -0.506 e. The number of aliphatic hydroxyl groups is 1. The third-order valence-corrected chi connectivity index (χ3v) is 9.45. The molecular formula is C41H45N5O7. The number of phenols is 1. The largest absolute Gasteiger partial charge is 0.506 e. The Morgan fingerprint density at radius 2 is 1.68 bits per heavy atom. The van der Waals surface area contributed by atoms with Crippen molar-refractivity contribution in [1.29, 1.82) is 0 Å². The van der Waals surface area contributed by atoms with E-state index in [-0.39, 0.29) is 36.5 Å². The number of nitrogens with one attached hydrogen (secondary N) is 3. The van der Waals surface area contributed by atoms with E-state index in [9.17, 15) is 24.6 Å². The van der Waals surface area contributed by atoms with Crippen LogP contribution in [0.5, 0.6) is 11.5 Å². The third kappa shape index (κ3) is 10.0. The fourth-order valence-corrected chi connectivity index (χ4v) is 6.39. The van der Waals surface area contributed by atoms with Crippen LogP contribution < -0.4 is 20.9 Å². The number of aliphatic hydroxyl groups excluding tert-OH is 1. The van der Waals surface area contributed by atoms with Gasteiger partial charge in [-0.2, -0.15) is 0 Å². The van der Waals surface area contributed by atoms with Crippen LogP contribution in [0.1, 0.15) is 30.1 Å². The summed E-state index contributed by atoms with van der Waals surface area (Å²) < 4.78 is 11.5. The van der Waals surface area contributed by atoms with Crippen LogP contribution in [0, 0.1) is 0 Å². The van der Waals surface area contributed by atoms with Crippen LogP contribution >= 0.6 is 0 Å². The van der Waals surface area contributed by atoms with Gasteiger partial charge < -0.3 is 39.8 Å². The van der Waals surface area contributed by atoms with E-state index in [1.165, 1.54) is 12.1 Å². The molecule has 0 bridgehead atoms. The van der Waals surface area contributed by atoms with Gasteiger partial charge in [0.05, 0.1) is 17.3 Å². The monoisotopic (exact) mass is 719 g/mol. The Morgan fingerprint density at radius 3 is 2.45 bits per heavy atom. The SMILES string of the molecule is CN(CCN1CCC(OC(=O)Nc2ccccc2-c2ccccc2)CC1)C(=O)COc1ccc(CNC[C@H](O)c2ccc(O)c3[nH]c(=O)ccc23)cc1. The molecule has 5 aromatic rings. The van der Waals surface area contributed by atoms with Crippen molar-refractivity contribution in [2.24, 2.45) is 0 Å². The predicted octanol–water partition coefficient (Wildman–Crippen LogP) is 5.27. The smallest absolute Gasteiger partial charge is 0.411 e. The number of anilines is 1. The highest BCUT2D eigenvalue weighted by atomic mass is 16.6. The highest BCUT2D eigenvalue weighted by Crippen LogP contribution is 2.29. The van der Waals surface area contributed by atoms with Crippen molar-refractivity contribution in [3.8, 4) is 22.6 Å². The first kappa shape index (κ1) is 37.1. The molecule has 1 aromatic heterocycles. The Bertz CT molecular complexity index is 2050. The van der Waals surface area contributed by atoms with Crippen molar-refractivity contribution in [2.75, 3.05) is 51.7 Å². The van der Waals surface area contributed by atoms with Gasteiger partial charge in [0.1, 0.15) is 17.6 Å². The van der Waals surface area contributed by atoms with Crippen molar-refractivity contribution >= 4 is 28.6 Å². The van der Waals surface area contributed by atoms with Crippen LogP contribution in [-0.4, -0.2) is 89.5 Å². The first-order valence-corrected chi connectivity index (χ1v) is 17.8. The summed E-state index contributed by atoms with van der Waals surface area (Å²) in [5, 5.41) is 27.6. The average molecular weight is 720 g/mol. The van der Waals surface area contributed by atoms with Crippen molar-refractivity contribution in [1.82, 2.24) is 20.1 Å². The van der Waals surface area contributed by atoms with Gasteiger partial charge in [0.25, 0.3) is 5.91 Å². The van der Waals surface area contributed by atoms with Gasteiger partial charge in [-0.15, -0.1) is 0 Å². The lowest BCUT2D eigenvalue weighted by molar-refractivity contribution is -0.132. The van der Waals surface area contributed by atoms with E-state index in [1.54, 1.807) is 36.2 Å². The Balaban J connectivity index is 0.865. The van der Waals surface area contributed by atoms with E-state index in [0.29, 0.717) is 47.5 Å². The van der Waals surface area contributed by atoms with Gasteiger partial charge in [-0.1, -0.05) is 66.7 Å². The summed E-state index contributed by atoms with van der Waals surface area (Å²) >= 11 is 0. The molecule has 1 fully saturated rings. The molecule has 0 spiro atoms. The van der Waals surface area contributed by atoms with Crippen molar-refractivity contribution in [3.05, 3.63) is 125 Å². The summed E-state index contributed by atoms with van der Waals surface area (Å²) in [7, 11) is 1.77. The number of likely N-dealkylation sites (N-methyl/N-ethyl adjacent to an activating group) is 1. The number of hydrogen-bond acceptors (Lipinski definition) is 9. The molecule has 276 valence electrons. The minimum atomic E-state index is -0.858. The number of amides is 2. The Labute approximate surface area is 308 Å². The van der Waals surface area contributed by atoms with Gasteiger partial charge >= 0.3 is 6.09 Å². The number of fused-ring (bicyclic) bond motifs is 1. The Morgan fingerprint density at radius 1 is 0.943 bits per heavy atom. The van der Waals surface area contributed by atoms with Crippen LogP contribution in [0.25, 0.3) is 22.0 Å². The average Bonchev–Trinajstić information content (AvgIpc) is 3.18. The number of para-hydroxylation sites is 1. The zero-order chi connectivity index (χ0) is 37.2. The Kier molecular flexibility index (Phi) is 12.4. The van der Waals surface area contributed by atoms with Crippen LogP contribution in [-0.2, 0) is 16.1 Å². The minimum absolute atomic E-state index is 0.0539. The zero-order valence-corrected chi connectivity index (χ0v) is 29.7. The number of rotatable bonds is 14. The summed E-state index contributed by atoms with van der Waals surface area (Å²) in [6, 6.07) is 31.0. The number of carbonyl (C=O) groups excluding carboxylic acids is 2. The summed E-state index contributed by atoms with van der Waals surface area (Å²) in [5.41, 5.74) is 4.19.